The lowest BCUT2D eigenvalue weighted by atomic mass is 9.95. The molecule has 0 amide bonds. The second kappa shape index (κ2) is 4.34. The summed E-state index contributed by atoms with van der Waals surface area (Å²) in [5, 5.41) is 0. The van der Waals surface area contributed by atoms with Crippen molar-refractivity contribution in [3.63, 3.8) is 0 Å². The van der Waals surface area contributed by atoms with Gasteiger partial charge in [-0.15, -0.1) is 0 Å². The summed E-state index contributed by atoms with van der Waals surface area (Å²) < 4.78 is 5.11. The van der Waals surface area contributed by atoms with Crippen LogP contribution in [-0.2, 0) is 0 Å². The molecule has 0 unspecified atom stereocenters. The molecule has 2 N–H and O–H groups in total. The minimum atomic E-state index is -0.108. The van der Waals surface area contributed by atoms with Crippen molar-refractivity contribution in [1.82, 2.24) is 0 Å². The molecule has 0 aliphatic rings. The van der Waals surface area contributed by atoms with Gasteiger partial charge in [-0.3, -0.25) is 0 Å². The lowest BCUT2D eigenvalue weighted by molar-refractivity contribution is 0.415. The lowest BCUT2D eigenvalue weighted by Gasteiger charge is -2.17. The highest BCUT2D eigenvalue weighted by molar-refractivity contribution is 5.87. The minimum Gasteiger partial charge on any atom is -0.497 e. The SMILES string of the molecule is COc1cccc(N=C(N)C(C)(C)C)c1. The van der Waals surface area contributed by atoms with Crippen LogP contribution in [0, 0.1) is 5.41 Å². The van der Waals surface area contributed by atoms with Crippen molar-refractivity contribution in [3.8, 4) is 5.75 Å². The summed E-state index contributed by atoms with van der Waals surface area (Å²) in [7, 11) is 1.63. The van der Waals surface area contributed by atoms with Gasteiger partial charge in [-0.25, -0.2) is 4.99 Å². The third kappa shape index (κ3) is 3.27. The molecule has 0 aromatic heterocycles. The largest absolute Gasteiger partial charge is 0.497 e. The van der Waals surface area contributed by atoms with Crippen molar-refractivity contribution in [2.75, 3.05) is 7.11 Å². The summed E-state index contributed by atoms with van der Waals surface area (Å²) in [6.45, 7) is 6.10. The second-order valence-electron chi connectivity index (χ2n) is 4.45. The monoisotopic (exact) mass is 206 g/mol. The van der Waals surface area contributed by atoms with E-state index in [1.807, 2.05) is 45.0 Å². The first kappa shape index (κ1) is 11.6. The number of benzene rings is 1. The van der Waals surface area contributed by atoms with E-state index in [1.165, 1.54) is 0 Å². The number of ether oxygens (including phenoxy) is 1. The fraction of sp³-hybridized carbons (Fsp3) is 0.417. The average molecular weight is 206 g/mol. The van der Waals surface area contributed by atoms with Crippen LogP contribution in [0.5, 0.6) is 5.75 Å². The molecule has 0 atom stereocenters. The van der Waals surface area contributed by atoms with Crippen LogP contribution in [0.15, 0.2) is 29.3 Å². The maximum Gasteiger partial charge on any atom is 0.121 e. The van der Waals surface area contributed by atoms with Crippen molar-refractivity contribution in [2.45, 2.75) is 20.8 Å². The van der Waals surface area contributed by atoms with Gasteiger partial charge in [-0.05, 0) is 12.1 Å². The van der Waals surface area contributed by atoms with Gasteiger partial charge in [0.1, 0.15) is 11.6 Å². The Kier molecular flexibility index (Phi) is 3.35. The van der Waals surface area contributed by atoms with Gasteiger partial charge >= 0.3 is 0 Å². The summed E-state index contributed by atoms with van der Waals surface area (Å²) in [6.07, 6.45) is 0. The summed E-state index contributed by atoms with van der Waals surface area (Å²) in [5.74, 6) is 1.41. The molecule has 0 fully saturated rings. The normalized spacial score (nSPS) is 12.7. The van der Waals surface area contributed by atoms with Crippen LogP contribution < -0.4 is 10.5 Å². The van der Waals surface area contributed by atoms with Crippen LogP contribution in [0.1, 0.15) is 20.8 Å². The molecule has 1 aromatic rings. The zero-order valence-corrected chi connectivity index (χ0v) is 9.74. The lowest BCUT2D eigenvalue weighted by Crippen LogP contribution is -2.28. The maximum atomic E-state index is 5.88. The highest BCUT2D eigenvalue weighted by Crippen LogP contribution is 2.22. The third-order valence-corrected chi connectivity index (χ3v) is 2.07. The Labute approximate surface area is 91.0 Å². The molecule has 0 bridgehead atoms. The van der Waals surface area contributed by atoms with Crippen molar-refractivity contribution < 1.29 is 4.74 Å². The Morgan fingerprint density at radius 2 is 2.00 bits per heavy atom. The van der Waals surface area contributed by atoms with Gasteiger partial charge in [0.2, 0.25) is 0 Å². The molecular formula is C12H18N2O. The van der Waals surface area contributed by atoms with Crippen molar-refractivity contribution in [2.24, 2.45) is 16.1 Å². The Balaban J connectivity index is 2.98. The summed E-state index contributed by atoms with van der Waals surface area (Å²) >= 11 is 0. The Morgan fingerprint density at radius 1 is 1.33 bits per heavy atom. The summed E-state index contributed by atoms with van der Waals surface area (Å²) in [5.41, 5.74) is 6.60. The first-order valence-corrected chi connectivity index (χ1v) is 4.92. The van der Waals surface area contributed by atoms with Gasteiger partial charge in [0.25, 0.3) is 0 Å². The summed E-state index contributed by atoms with van der Waals surface area (Å²) in [6, 6.07) is 7.54. The first-order valence-electron chi connectivity index (χ1n) is 4.92. The number of aliphatic imine (C=N–C) groups is 1. The summed E-state index contributed by atoms with van der Waals surface area (Å²) in [4.78, 5) is 4.35. The first-order chi connectivity index (χ1) is 6.93. The Hall–Kier alpha value is -1.51. The molecule has 3 nitrogen and oxygen atoms in total. The van der Waals surface area contributed by atoms with E-state index in [4.69, 9.17) is 10.5 Å². The predicted octanol–water partition coefficient (Wildman–Crippen LogP) is 2.73. The molecule has 0 spiro atoms. The number of methoxy groups -OCH3 is 1. The fourth-order valence-corrected chi connectivity index (χ4v) is 0.987. The molecule has 0 heterocycles. The number of rotatable bonds is 2. The van der Waals surface area contributed by atoms with E-state index in [0.29, 0.717) is 5.84 Å². The molecule has 0 aliphatic heterocycles. The molecule has 1 rings (SSSR count). The van der Waals surface area contributed by atoms with Crippen LogP contribution in [0.2, 0.25) is 0 Å². The molecule has 0 saturated heterocycles. The molecular weight excluding hydrogens is 188 g/mol. The highest BCUT2D eigenvalue weighted by Gasteiger charge is 2.15. The third-order valence-electron chi connectivity index (χ3n) is 2.07. The van der Waals surface area contributed by atoms with Crippen LogP contribution in [0.4, 0.5) is 5.69 Å². The number of nitrogens with zero attached hydrogens (tertiary/aromatic N) is 1. The molecule has 0 saturated carbocycles. The molecule has 0 radical (unpaired) electrons. The van der Waals surface area contributed by atoms with Crippen molar-refractivity contribution in [3.05, 3.63) is 24.3 Å². The van der Waals surface area contributed by atoms with Crippen molar-refractivity contribution in [1.29, 1.82) is 0 Å². The van der Waals surface area contributed by atoms with Crippen LogP contribution in [0.3, 0.4) is 0 Å². The standard InChI is InChI=1S/C12H18N2O/c1-12(2,3)11(13)14-9-6-5-7-10(8-9)15-4/h5-8H,1-4H3,(H2,13,14). The number of nitrogens with two attached hydrogens (primary N) is 1. The van der Waals surface area contributed by atoms with Gasteiger partial charge in [-0.1, -0.05) is 26.8 Å². The molecule has 0 aliphatic carbocycles. The molecule has 15 heavy (non-hydrogen) atoms. The van der Waals surface area contributed by atoms with E-state index in [-0.39, 0.29) is 5.41 Å². The second-order valence-corrected chi connectivity index (χ2v) is 4.45. The zero-order valence-electron chi connectivity index (χ0n) is 9.74. The molecule has 82 valence electrons. The zero-order chi connectivity index (χ0) is 11.5. The highest BCUT2D eigenvalue weighted by atomic mass is 16.5. The van der Waals surface area contributed by atoms with E-state index in [9.17, 15) is 0 Å². The van der Waals surface area contributed by atoms with E-state index in [2.05, 4.69) is 4.99 Å². The topological polar surface area (TPSA) is 47.6 Å². The quantitative estimate of drug-likeness (QED) is 0.597. The van der Waals surface area contributed by atoms with Gasteiger partial charge in [0, 0.05) is 11.5 Å². The Morgan fingerprint density at radius 3 is 2.53 bits per heavy atom. The smallest absolute Gasteiger partial charge is 0.121 e. The maximum absolute atomic E-state index is 5.88. The molecule has 3 heteroatoms. The number of amidine groups is 1. The van der Waals surface area contributed by atoms with Crippen LogP contribution in [0.25, 0.3) is 0 Å². The van der Waals surface area contributed by atoms with Gasteiger partial charge in [0.05, 0.1) is 12.8 Å². The average Bonchev–Trinajstić information content (AvgIpc) is 2.16. The van der Waals surface area contributed by atoms with E-state index >= 15 is 0 Å². The van der Waals surface area contributed by atoms with E-state index in [1.54, 1.807) is 7.11 Å². The van der Waals surface area contributed by atoms with Gasteiger partial charge in [0.15, 0.2) is 0 Å². The fourth-order valence-electron chi connectivity index (χ4n) is 0.987. The Bertz CT molecular complexity index is 364. The van der Waals surface area contributed by atoms with Gasteiger partial charge in [-0.2, -0.15) is 0 Å². The van der Waals surface area contributed by atoms with Crippen LogP contribution >= 0.6 is 0 Å². The van der Waals surface area contributed by atoms with Crippen molar-refractivity contribution >= 4 is 11.5 Å². The van der Waals surface area contributed by atoms with E-state index < -0.39 is 0 Å². The predicted molar refractivity (Wildman–Crippen MR) is 63.7 cm³/mol. The number of hydrogen-bond acceptors (Lipinski definition) is 2. The van der Waals surface area contributed by atoms with E-state index in [0.717, 1.165) is 11.4 Å². The van der Waals surface area contributed by atoms with Crippen LogP contribution in [-0.4, -0.2) is 12.9 Å². The number of hydrogen-bond donors (Lipinski definition) is 1. The van der Waals surface area contributed by atoms with Gasteiger partial charge < -0.3 is 10.5 Å². The molecule has 1 aromatic carbocycles. The minimum absolute atomic E-state index is 0.108.